The van der Waals surface area contributed by atoms with E-state index >= 15 is 0 Å². The SMILES string of the molecule is O=C(C[S@@](=O)c1ccc(C(F)(F)F)cc1[N+](=O)[O-])Oc1ccccc1. The number of nitrogens with zero attached hydrogens (tertiary/aromatic N) is 1. The van der Waals surface area contributed by atoms with Gasteiger partial charge < -0.3 is 4.74 Å². The highest BCUT2D eigenvalue weighted by atomic mass is 32.2. The number of hydrogen-bond acceptors (Lipinski definition) is 5. The van der Waals surface area contributed by atoms with Gasteiger partial charge in [0.2, 0.25) is 0 Å². The number of carbonyl (C=O) groups excluding carboxylic acids is 1. The first-order valence-electron chi connectivity index (χ1n) is 6.68. The maximum atomic E-state index is 12.6. The Morgan fingerprint density at radius 1 is 1.16 bits per heavy atom. The molecule has 0 unspecified atom stereocenters. The molecule has 0 fully saturated rings. The quantitative estimate of drug-likeness (QED) is 0.347. The van der Waals surface area contributed by atoms with Crippen molar-refractivity contribution in [2.24, 2.45) is 0 Å². The number of hydrogen-bond donors (Lipinski definition) is 0. The van der Waals surface area contributed by atoms with Crippen LogP contribution in [0, 0.1) is 10.1 Å². The van der Waals surface area contributed by atoms with Gasteiger partial charge in [-0.05, 0) is 24.3 Å². The Bertz CT molecular complexity index is 824. The number of alkyl halides is 3. The van der Waals surface area contributed by atoms with E-state index in [1.165, 1.54) is 12.1 Å². The second-order valence-corrected chi connectivity index (χ2v) is 6.13. The first kappa shape index (κ1) is 18.6. The highest BCUT2D eigenvalue weighted by molar-refractivity contribution is 7.85. The molecule has 2 aromatic rings. The molecule has 0 aliphatic rings. The Morgan fingerprint density at radius 2 is 1.80 bits per heavy atom. The second-order valence-electron chi connectivity index (χ2n) is 4.71. The van der Waals surface area contributed by atoms with Gasteiger partial charge in [-0.1, -0.05) is 18.2 Å². The van der Waals surface area contributed by atoms with Gasteiger partial charge in [0.1, 0.15) is 16.4 Å². The predicted octanol–water partition coefficient (Wildman–Crippen LogP) is 3.33. The molecule has 1 atom stereocenters. The van der Waals surface area contributed by atoms with Crippen molar-refractivity contribution in [3.05, 3.63) is 64.2 Å². The third-order valence-corrected chi connectivity index (χ3v) is 4.29. The average molecular weight is 373 g/mol. The number of carbonyl (C=O) groups is 1. The fourth-order valence-electron chi connectivity index (χ4n) is 1.86. The Hall–Kier alpha value is -2.75. The lowest BCUT2D eigenvalue weighted by atomic mass is 10.2. The van der Waals surface area contributed by atoms with Crippen LogP contribution in [0.4, 0.5) is 18.9 Å². The number of halogens is 3. The molecular weight excluding hydrogens is 363 g/mol. The van der Waals surface area contributed by atoms with Crippen molar-refractivity contribution in [3.8, 4) is 5.75 Å². The molecule has 0 aromatic heterocycles. The smallest absolute Gasteiger partial charge is 0.416 e. The molecule has 2 rings (SSSR count). The van der Waals surface area contributed by atoms with Crippen LogP contribution >= 0.6 is 0 Å². The summed E-state index contributed by atoms with van der Waals surface area (Å²) in [5.41, 5.74) is -2.22. The molecule has 6 nitrogen and oxygen atoms in total. The molecule has 0 saturated heterocycles. The van der Waals surface area contributed by atoms with Gasteiger partial charge in [0.05, 0.1) is 21.3 Å². The van der Waals surface area contributed by atoms with Crippen LogP contribution in [0.25, 0.3) is 0 Å². The fourth-order valence-corrected chi connectivity index (χ4v) is 2.88. The number of para-hydroxylation sites is 1. The maximum absolute atomic E-state index is 12.6. The lowest BCUT2D eigenvalue weighted by Crippen LogP contribution is -2.18. The van der Waals surface area contributed by atoms with Crippen molar-refractivity contribution in [2.45, 2.75) is 11.1 Å². The van der Waals surface area contributed by atoms with Crippen molar-refractivity contribution < 1.29 is 31.8 Å². The van der Waals surface area contributed by atoms with Crippen LogP contribution < -0.4 is 4.74 Å². The summed E-state index contributed by atoms with van der Waals surface area (Å²) < 4.78 is 55.0. The number of nitro groups is 1. The molecule has 0 amide bonds. The highest BCUT2D eigenvalue weighted by Crippen LogP contribution is 2.34. The zero-order chi connectivity index (χ0) is 18.6. The molecule has 0 aliphatic heterocycles. The van der Waals surface area contributed by atoms with Gasteiger partial charge in [-0.2, -0.15) is 13.2 Å². The Labute approximate surface area is 141 Å². The first-order chi connectivity index (χ1) is 11.7. The minimum atomic E-state index is -4.78. The minimum absolute atomic E-state index is 0.186. The zero-order valence-corrected chi connectivity index (χ0v) is 13.2. The number of esters is 1. The largest absolute Gasteiger partial charge is 0.426 e. The van der Waals surface area contributed by atoms with Gasteiger partial charge in [0, 0.05) is 6.07 Å². The van der Waals surface area contributed by atoms with Crippen LogP contribution in [0.15, 0.2) is 53.4 Å². The van der Waals surface area contributed by atoms with Crippen molar-refractivity contribution in [1.82, 2.24) is 0 Å². The van der Waals surface area contributed by atoms with Gasteiger partial charge in [-0.3, -0.25) is 19.1 Å². The normalized spacial score (nSPS) is 12.4. The molecule has 0 spiro atoms. The van der Waals surface area contributed by atoms with Gasteiger partial charge in [-0.15, -0.1) is 0 Å². The van der Waals surface area contributed by atoms with Gasteiger partial charge in [-0.25, -0.2) is 0 Å². The molecule has 10 heteroatoms. The zero-order valence-electron chi connectivity index (χ0n) is 12.4. The summed E-state index contributed by atoms with van der Waals surface area (Å²) >= 11 is 0. The lowest BCUT2D eigenvalue weighted by Gasteiger charge is -2.09. The van der Waals surface area contributed by atoms with Crippen molar-refractivity contribution in [3.63, 3.8) is 0 Å². The maximum Gasteiger partial charge on any atom is 0.416 e. The van der Waals surface area contributed by atoms with Crippen molar-refractivity contribution in [1.29, 1.82) is 0 Å². The van der Waals surface area contributed by atoms with Crippen molar-refractivity contribution >= 4 is 22.5 Å². The molecule has 25 heavy (non-hydrogen) atoms. The number of rotatable bonds is 5. The van der Waals surface area contributed by atoms with Crippen LogP contribution in [0.3, 0.4) is 0 Å². The summed E-state index contributed by atoms with van der Waals surface area (Å²) in [5.74, 6) is -1.48. The summed E-state index contributed by atoms with van der Waals surface area (Å²) in [5, 5.41) is 11.0. The van der Waals surface area contributed by atoms with Gasteiger partial charge in [0.25, 0.3) is 5.69 Å². The molecule has 0 heterocycles. The van der Waals surface area contributed by atoms with E-state index in [9.17, 15) is 32.3 Å². The molecule has 132 valence electrons. The fraction of sp³-hybridized carbons (Fsp3) is 0.133. The monoisotopic (exact) mass is 373 g/mol. The Morgan fingerprint density at radius 3 is 2.36 bits per heavy atom. The summed E-state index contributed by atoms with van der Waals surface area (Å²) in [4.78, 5) is 21.1. The first-order valence-corrected chi connectivity index (χ1v) is 8.00. The molecule has 0 aliphatic carbocycles. The van der Waals surface area contributed by atoms with E-state index in [2.05, 4.69) is 0 Å². The Kier molecular flexibility index (Phi) is 5.52. The van der Waals surface area contributed by atoms with E-state index in [1.807, 2.05) is 0 Å². The predicted molar refractivity (Wildman–Crippen MR) is 81.5 cm³/mol. The summed E-state index contributed by atoms with van der Waals surface area (Å²) in [6, 6.07) is 9.41. The van der Waals surface area contributed by atoms with E-state index in [0.717, 1.165) is 6.07 Å². The lowest BCUT2D eigenvalue weighted by molar-refractivity contribution is -0.388. The van der Waals surface area contributed by atoms with Crippen LogP contribution in [0.5, 0.6) is 5.75 Å². The second kappa shape index (κ2) is 7.43. The van der Waals surface area contributed by atoms with E-state index in [4.69, 9.17) is 4.74 Å². The molecule has 0 saturated carbocycles. The minimum Gasteiger partial charge on any atom is -0.426 e. The standard InChI is InChI=1S/C15H10F3NO5S/c16-15(17,18)10-6-7-13(12(8-10)19(21)22)25(23)9-14(20)24-11-4-2-1-3-5-11/h1-8H,9H2/t25-/m1/s1. The number of nitro benzene ring substituents is 1. The molecule has 0 radical (unpaired) electrons. The topological polar surface area (TPSA) is 86.5 Å². The third-order valence-electron chi connectivity index (χ3n) is 2.95. The van der Waals surface area contributed by atoms with E-state index in [0.29, 0.717) is 6.07 Å². The Balaban J connectivity index is 2.21. The number of ether oxygens (including phenoxy) is 1. The summed E-state index contributed by atoms with van der Waals surface area (Å²) in [6.07, 6.45) is -4.78. The van der Waals surface area contributed by atoms with E-state index < -0.39 is 49.8 Å². The van der Waals surface area contributed by atoms with Crippen LogP contribution in [-0.2, 0) is 21.8 Å². The summed E-state index contributed by atoms with van der Waals surface area (Å²) in [7, 11) is -2.24. The van der Waals surface area contributed by atoms with E-state index in [1.54, 1.807) is 18.2 Å². The molecule has 0 N–H and O–H groups in total. The molecule has 0 bridgehead atoms. The molecular formula is C15H10F3NO5S. The van der Waals surface area contributed by atoms with Crippen LogP contribution in [0.2, 0.25) is 0 Å². The van der Waals surface area contributed by atoms with E-state index in [-0.39, 0.29) is 11.8 Å². The number of benzene rings is 2. The van der Waals surface area contributed by atoms with Crippen LogP contribution in [0.1, 0.15) is 5.56 Å². The molecule has 2 aromatic carbocycles. The van der Waals surface area contributed by atoms with Gasteiger partial charge >= 0.3 is 12.1 Å². The summed E-state index contributed by atoms with van der Waals surface area (Å²) in [6.45, 7) is 0. The van der Waals surface area contributed by atoms with Crippen LogP contribution in [-0.4, -0.2) is 20.9 Å². The third kappa shape index (κ3) is 4.86. The van der Waals surface area contributed by atoms with Gasteiger partial charge in [0.15, 0.2) is 0 Å². The van der Waals surface area contributed by atoms with Crippen molar-refractivity contribution in [2.75, 3.05) is 5.75 Å². The average Bonchev–Trinajstić information content (AvgIpc) is 2.54. The highest BCUT2D eigenvalue weighted by Gasteiger charge is 2.34.